The Kier molecular flexibility index (Phi) is 5.65. The molecule has 1 aromatic heterocycles. The van der Waals surface area contributed by atoms with E-state index in [9.17, 15) is 4.79 Å². The molecule has 0 aliphatic carbocycles. The first kappa shape index (κ1) is 16.4. The second kappa shape index (κ2) is 7.90. The van der Waals surface area contributed by atoms with Crippen LogP contribution in [0, 0.1) is 0 Å². The fourth-order valence-corrected chi connectivity index (χ4v) is 3.91. The third-order valence-electron chi connectivity index (χ3n) is 4.04. The lowest BCUT2D eigenvalue weighted by Crippen LogP contribution is -2.29. The Morgan fingerprint density at radius 3 is 3.09 bits per heavy atom. The molecule has 2 aromatic rings. The molecule has 122 valence electrons. The standard InChI is InChI=1S/C17H20ClN3OS/c18-14-6-2-1-4-12(14)7-9-20-16(22)15-11-23-17(21-15)13-5-3-8-19-10-13/h1-2,4,6,11,13,19H,3,5,7-10H2,(H,20,22). The fourth-order valence-electron chi connectivity index (χ4n) is 2.74. The van der Waals surface area contributed by atoms with Crippen molar-refractivity contribution in [2.45, 2.75) is 25.2 Å². The maximum atomic E-state index is 12.2. The minimum atomic E-state index is -0.108. The molecule has 2 N–H and O–H groups in total. The lowest BCUT2D eigenvalue weighted by Gasteiger charge is -2.20. The summed E-state index contributed by atoms with van der Waals surface area (Å²) >= 11 is 7.70. The fraction of sp³-hybridized carbons (Fsp3) is 0.412. The number of carbonyl (C=O) groups excluding carboxylic acids is 1. The molecule has 6 heteroatoms. The SMILES string of the molecule is O=C(NCCc1ccccc1Cl)c1csc(C2CCCNC2)n1. The van der Waals surface area contributed by atoms with E-state index in [0.29, 0.717) is 18.2 Å². The van der Waals surface area contributed by atoms with E-state index in [0.717, 1.165) is 41.5 Å². The van der Waals surface area contributed by atoms with Crippen molar-refractivity contribution in [2.24, 2.45) is 0 Å². The van der Waals surface area contributed by atoms with Gasteiger partial charge in [0.15, 0.2) is 0 Å². The molecule has 1 aliphatic rings. The summed E-state index contributed by atoms with van der Waals surface area (Å²) in [5.74, 6) is 0.335. The van der Waals surface area contributed by atoms with Gasteiger partial charge >= 0.3 is 0 Å². The first-order chi connectivity index (χ1) is 11.2. The second-order valence-electron chi connectivity index (χ2n) is 5.71. The minimum absolute atomic E-state index is 0.108. The van der Waals surface area contributed by atoms with Crippen molar-refractivity contribution in [3.05, 3.63) is 50.9 Å². The number of benzene rings is 1. The van der Waals surface area contributed by atoms with Gasteiger partial charge < -0.3 is 10.6 Å². The predicted octanol–water partition coefficient (Wildman–Crippen LogP) is 3.24. The molecule has 3 rings (SSSR count). The maximum absolute atomic E-state index is 12.2. The van der Waals surface area contributed by atoms with Crippen molar-refractivity contribution in [1.29, 1.82) is 0 Å². The molecule has 1 amide bonds. The van der Waals surface area contributed by atoms with Crippen LogP contribution in [0.3, 0.4) is 0 Å². The van der Waals surface area contributed by atoms with Gasteiger partial charge in [-0.2, -0.15) is 0 Å². The molecule has 1 fully saturated rings. The van der Waals surface area contributed by atoms with E-state index in [-0.39, 0.29) is 5.91 Å². The maximum Gasteiger partial charge on any atom is 0.270 e. The number of hydrogen-bond acceptors (Lipinski definition) is 4. The predicted molar refractivity (Wildman–Crippen MR) is 94.4 cm³/mol. The highest BCUT2D eigenvalue weighted by Crippen LogP contribution is 2.26. The molecule has 1 unspecified atom stereocenters. The van der Waals surface area contributed by atoms with Crippen LogP contribution in [0.2, 0.25) is 5.02 Å². The number of nitrogens with one attached hydrogen (secondary N) is 2. The highest BCUT2D eigenvalue weighted by atomic mass is 35.5. The zero-order valence-electron chi connectivity index (χ0n) is 12.8. The van der Waals surface area contributed by atoms with Crippen molar-refractivity contribution in [3.8, 4) is 0 Å². The number of piperidine rings is 1. The molecule has 23 heavy (non-hydrogen) atoms. The van der Waals surface area contributed by atoms with Crippen molar-refractivity contribution in [3.63, 3.8) is 0 Å². The summed E-state index contributed by atoms with van der Waals surface area (Å²) in [5, 5.41) is 9.96. The van der Waals surface area contributed by atoms with Crippen LogP contribution in [0.1, 0.15) is 39.8 Å². The topological polar surface area (TPSA) is 54.0 Å². The summed E-state index contributed by atoms with van der Waals surface area (Å²) in [4.78, 5) is 16.7. The van der Waals surface area contributed by atoms with Gasteiger partial charge in [-0.05, 0) is 37.4 Å². The van der Waals surface area contributed by atoms with Gasteiger partial charge in [0.05, 0.1) is 5.01 Å². The molecular formula is C17H20ClN3OS. The number of hydrogen-bond donors (Lipinski definition) is 2. The Morgan fingerprint density at radius 2 is 2.30 bits per heavy atom. The molecule has 1 aliphatic heterocycles. The van der Waals surface area contributed by atoms with Gasteiger partial charge in [0.2, 0.25) is 0 Å². The monoisotopic (exact) mass is 349 g/mol. The van der Waals surface area contributed by atoms with Crippen LogP contribution in [-0.2, 0) is 6.42 Å². The molecule has 1 atom stereocenters. The van der Waals surface area contributed by atoms with Crippen molar-refractivity contribution in [2.75, 3.05) is 19.6 Å². The summed E-state index contributed by atoms with van der Waals surface area (Å²) in [7, 11) is 0. The van der Waals surface area contributed by atoms with Crippen LogP contribution >= 0.6 is 22.9 Å². The number of nitrogens with zero attached hydrogens (tertiary/aromatic N) is 1. The minimum Gasteiger partial charge on any atom is -0.350 e. The van der Waals surface area contributed by atoms with E-state index in [1.165, 1.54) is 6.42 Å². The quantitative estimate of drug-likeness (QED) is 0.871. The molecule has 0 saturated carbocycles. The van der Waals surface area contributed by atoms with E-state index in [4.69, 9.17) is 11.6 Å². The molecular weight excluding hydrogens is 330 g/mol. The lowest BCUT2D eigenvalue weighted by atomic mass is 10.0. The van der Waals surface area contributed by atoms with Crippen LogP contribution in [0.15, 0.2) is 29.6 Å². The first-order valence-corrected chi connectivity index (χ1v) is 9.17. The van der Waals surface area contributed by atoms with Crippen LogP contribution < -0.4 is 10.6 Å². The van der Waals surface area contributed by atoms with E-state index >= 15 is 0 Å². The van der Waals surface area contributed by atoms with Crippen LogP contribution in [0.5, 0.6) is 0 Å². The summed E-state index contributed by atoms with van der Waals surface area (Å²) in [6.45, 7) is 2.60. The molecule has 0 radical (unpaired) electrons. The third kappa shape index (κ3) is 4.31. The Bertz CT molecular complexity index is 667. The van der Waals surface area contributed by atoms with E-state index in [1.54, 1.807) is 11.3 Å². The molecule has 4 nitrogen and oxygen atoms in total. The number of carbonyl (C=O) groups is 1. The van der Waals surface area contributed by atoms with Crippen molar-refractivity contribution < 1.29 is 4.79 Å². The Morgan fingerprint density at radius 1 is 1.43 bits per heavy atom. The van der Waals surface area contributed by atoms with E-state index in [2.05, 4.69) is 15.6 Å². The normalized spacial score (nSPS) is 17.9. The smallest absolute Gasteiger partial charge is 0.270 e. The van der Waals surface area contributed by atoms with Gasteiger partial charge in [-0.3, -0.25) is 4.79 Å². The third-order valence-corrected chi connectivity index (χ3v) is 5.41. The number of aromatic nitrogens is 1. The highest BCUT2D eigenvalue weighted by molar-refractivity contribution is 7.09. The first-order valence-electron chi connectivity index (χ1n) is 7.92. The molecule has 1 aromatic carbocycles. The van der Waals surface area contributed by atoms with Crippen molar-refractivity contribution >= 4 is 28.8 Å². The van der Waals surface area contributed by atoms with Crippen LogP contribution in [0.4, 0.5) is 0 Å². The average molecular weight is 350 g/mol. The van der Waals surface area contributed by atoms with Gasteiger partial charge in [-0.1, -0.05) is 29.8 Å². The Balaban J connectivity index is 1.52. The van der Waals surface area contributed by atoms with Crippen LogP contribution in [0.25, 0.3) is 0 Å². The average Bonchev–Trinajstić information content (AvgIpc) is 3.07. The lowest BCUT2D eigenvalue weighted by molar-refractivity contribution is 0.0949. The van der Waals surface area contributed by atoms with Gasteiger partial charge in [0, 0.05) is 29.4 Å². The molecule has 0 spiro atoms. The summed E-state index contributed by atoms with van der Waals surface area (Å²) < 4.78 is 0. The van der Waals surface area contributed by atoms with Crippen LogP contribution in [-0.4, -0.2) is 30.5 Å². The Labute approximate surface area is 145 Å². The molecule has 2 heterocycles. The van der Waals surface area contributed by atoms with E-state index in [1.807, 2.05) is 29.6 Å². The number of amides is 1. The second-order valence-corrected chi connectivity index (χ2v) is 7.01. The van der Waals surface area contributed by atoms with Crippen molar-refractivity contribution in [1.82, 2.24) is 15.6 Å². The summed E-state index contributed by atoms with van der Waals surface area (Å²) in [6, 6.07) is 7.70. The highest BCUT2D eigenvalue weighted by Gasteiger charge is 2.20. The summed E-state index contributed by atoms with van der Waals surface area (Å²) in [5.41, 5.74) is 1.57. The molecule has 0 bridgehead atoms. The van der Waals surface area contributed by atoms with Gasteiger partial charge in [0.25, 0.3) is 5.91 Å². The largest absolute Gasteiger partial charge is 0.350 e. The number of rotatable bonds is 5. The zero-order valence-corrected chi connectivity index (χ0v) is 14.4. The summed E-state index contributed by atoms with van der Waals surface area (Å²) in [6.07, 6.45) is 3.03. The molecule has 1 saturated heterocycles. The van der Waals surface area contributed by atoms with Gasteiger partial charge in [0.1, 0.15) is 5.69 Å². The Hall–Kier alpha value is -1.43. The van der Waals surface area contributed by atoms with E-state index < -0.39 is 0 Å². The van der Waals surface area contributed by atoms with Gasteiger partial charge in [-0.15, -0.1) is 11.3 Å². The zero-order chi connectivity index (χ0) is 16.1. The van der Waals surface area contributed by atoms with Gasteiger partial charge in [-0.25, -0.2) is 4.98 Å². The number of halogens is 1. The number of thiazole rings is 1.